The number of hydrogen-bond acceptors (Lipinski definition) is 3. The van der Waals surface area contributed by atoms with E-state index in [2.05, 4.69) is 15.3 Å². The first-order valence-electron chi connectivity index (χ1n) is 4.59. The molecule has 80 valence electrons. The maximum Gasteiger partial charge on any atom is 0.254 e. The highest BCUT2D eigenvalue weighted by Gasteiger charge is 2.09. The Labute approximate surface area is 86.9 Å². The summed E-state index contributed by atoms with van der Waals surface area (Å²) < 4.78 is 5.00. The van der Waals surface area contributed by atoms with Crippen LogP contribution >= 0.6 is 0 Å². The highest BCUT2D eigenvalue weighted by atomic mass is 16.3. The van der Waals surface area contributed by atoms with Crippen molar-refractivity contribution in [2.45, 2.75) is 13.3 Å². The van der Waals surface area contributed by atoms with E-state index in [1.807, 2.05) is 0 Å². The fraction of sp³-hybridized carbons (Fsp3) is 0.444. The molecule has 0 aliphatic rings. The van der Waals surface area contributed by atoms with Gasteiger partial charge in [-0.05, 0) is 24.9 Å². The van der Waals surface area contributed by atoms with Gasteiger partial charge in [0.1, 0.15) is 5.76 Å². The van der Waals surface area contributed by atoms with Gasteiger partial charge in [0.05, 0.1) is 11.8 Å². The van der Waals surface area contributed by atoms with Gasteiger partial charge in [-0.1, -0.05) is 5.11 Å². The van der Waals surface area contributed by atoms with Crippen LogP contribution in [0.15, 0.2) is 21.9 Å². The Morgan fingerprint density at radius 3 is 3.13 bits per heavy atom. The number of carbonyl (C=O) groups excluding carboxylic acids is 1. The van der Waals surface area contributed by atoms with Gasteiger partial charge in [0, 0.05) is 18.0 Å². The molecule has 6 nitrogen and oxygen atoms in total. The highest BCUT2D eigenvalue weighted by Crippen LogP contribution is 2.07. The first kappa shape index (κ1) is 11.1. The summed E-state index contributed by atoms with van der Waals surface area (Å²) in [6, 6.07) is 1.62. The number of nitrogens with zero attached hydrogens (tertiary/aromatic N) is 3. The third-order valence-electron chi connectivity index (χ3n) is 1.89. The Balaban J connectivity index is 2.31. The van der Waals surface area contributed by atoms with Crippen molar-refractivity contribution in [3.8, 4) is 0 Å². The van der Waals surface area contributed by atoms with Crippen molar-refractivity contribution in [1.82, 2.24) is 5.32 Å². The molecule has 1 aromatic heterocycles. The lowest BCUT2D eigenvalue weighted by atomic mass is 10.2. The van der Waals surface area contributed by atoms with E-state index >= 15 is 0 Å². The van der Waals surface area contributed by atoms with Gasteiger partial charge in [-0.15, -0.1) is 0 Å². The molecule has 0 radical (unpaired) electrons. The van der Waals surface area contributed by atoms with Gasteiger partial charge in [0.15, 0.2) is 0 Å². The molecule has 0 fully saturated rings. The Morgan fingerprint density at radius 1 is 1.73 bits per heavy atom. The number of rotatable bonds is 5. The summed E-state index contributed by atoms with van der Waals surface area (Å²) in [4.78, 5) is 14.1. The van der Waals surface area contributed by atoms with Crippen LogP contribution < -0.4 is 5.32 Å². The Hall–Kier alpha value is -1.94. The molecule has 0 unspecified atom stereocenters. The smallest absolute Gasteiger partial charge is 0.254 e. The van der Waals surface area contributed by atoms with E-state index in [9.17, 15) is 4.79 Å². The number of amides is 1. The minimum absolute atomic E-state index is 0.165. The lowest BCUT2D eigenvalue weighted by Gasteiger charge is -2.01. The van der Waals surface area contributed by atoms with Crippen LogP contribution in [0.3, 0.4) is 0 Å². The zero-order valence-corrected chi connectivity index (χ0v) is 8.43. The van der Waals surface area contributed by atoms with Crippen molar-refractivity contribution in [2.75, 3.05) is 13.1 Å². The Morgan fingerprint density at radius 2 is 2.53 bits per heavy atom. The van der Waals surface area contributed by atoms with Gasteiger partial charge in [0.2, 0.25) is 0 Å². The van der Waals surface area contributed by atoms with Crippen LogP contribution in [0, 0.1) is 6.92 Å². The second kappa shape index (κ2) is 5.72. The summed E-state index contributed by atoms with van der Waals surface area (Å²) in [5.41, 5.74) is 8.56. The molecule has 0 bridgehead atoms. The summed E-state index contributed by atoms with van der Waals surface area (Å²) >= 11 is 0. The summed E-state index contributed by atoms with van der Waals surface area (Å²) in [6.07, 6.45) is 2.11. The minimum Gasteiger partial charge on any atom is -0.469 e. The average Bonchev–Trinajstić information content (AvgIpc) is 2.64. The molecule has 6 heteroatoms. The van der Waals surface area contributed by atoms with Gasteiger partial charge in [-0.3, -0.25) is 4.79 Å². The quantitative estimate of drug-likeness (QED) is 0.347. The molecule has 1 rings (SSSR count). The lowest BCUT2D eigenvalue weighted by molar-refractivity contribution is 0.0952. The molecular weight excluding hydrogens is 196 g/mol. The third-order valence-corrected chi connectivity index (χ3v) is 1.89. The van der Waals surface area contributed by atoms with Gasteiger partial charge in [0.25, 0.3) is 5.91 Å². The molecule has 1 heterocycles. The molecule has 0 atom stereocenters. The van der Waals surface area contributed by atoms with Crippen molar-refractivity contribution in [2.24, 2.45) is 5.11 Å². The van der Waals surface area contributed by atoms with Crippen LogP contribution in [0.2, 0.25) is 0 Å². The summed E-state index contributed by atoms with van der Waals surface area (Å²) in [5.74, 6) is 0.435. The highest BCUT2D eigenvalue weighted by molar-refractivity contribution is 5.94. The SMILES string of the molecule is Cc1occc1C(=O)NCCCN=[N+]=[N-]. The Kier molecular flexibility index (Phi) is 4.25. The predicted octanol–water partition coefficient (Wildman–Crippen LogP) is 2.02. The van der Waals surface area contributed by atoms with Crippen molar-refractivity contribution in [3.05, 3.63) is 34.1 Å². The monoisotopic (exact) mass is 208 g/mol. The van der Waals surface area contributed by atoms with Gasteiger partial charge >= 0.3 is 0 Å². The van der Waals surface area contributed by atoms with Crippen LogP contribution in [0.1, 0.15) is 22.5 Å². The van der Waals surface area contributed by atoms with Crippen molar-refractivity contribution in [3.63, 3.8) is 0 Å². The fourth-order valence-electron chi connectivity index (χ4n) is 1.11. The molecule has 0 spiro atoms. The average molecular weight is 208 g/mol. The number of carbonyl (C=O) groups is 1. The Bertz CT molecular complexity index is 379. The number of furan rings is 1. The molecule has 0 aliphatic heterocycles. The van der Waals surface area contributed by atoms with Crippen molar-refractivity contribution in [1.29, 1.82) is 0 Å². The van der Waals surface area contributed by atoms with E-state index in [0.29, 0.717) is 30.8 Å². The minimum atomic E-state index is -0.165. The van der Waals surface area contributed by atoms with E-state index in [1.165, 1.54) is 6.26 Å². The number of aryl methyl sites for hydroxylation is 1. The number of azide groups is 1. The first-order valence-corrected chi connectivity index (χ1v) is 4.59. The number of nitrogens with one attached hydrogen (secondary N) is 1. The van der Waals surface area contributed by atoms with Crippen molar-refractivity contribution < 1.29 is 9.21 Å². The largest absolute Gasteiger partial charge is 0.469 e. The summed E-state index contributed by atoms with van der Waals surface area (Å²) in [5, 5.41) is 6.06. The molecule has 1 amide bonds. The van der Waals surface area contributed by atoms with E-state index in [4.69, 9.17) is 9.95 Å². The molecular formula is C9H12N4O2. The van der Waals surface area contributed by atoms with E-state index in [-0.39, 0.29) is 5.91 Å². The molecule has 0 aliphatic carbocycles. The van der Waals surface area contributed by atoms with Crippen LogP contribution in [0.25, 0.3) is 10.4 Å². The van der Waals surface area contributed by atoms with E-state index < -0.39 is 0 Å². The lowest BCUT2D eigenvalue weighted by Crippen LogP contribution is -2.24. The zero-order chi connectivity index (χ0) is 11.1. The first-order chi connectivity index (χ1) is 7.25. The normalized spacial score (nSPS) is 9.40. The van der Waals surface area contributed by atoms with Gasteiger partial charge in [-0.25, -0.2) is 0 Å². The molecule has 0 saturated carbocycles. The summed E-state index contributed by atoms with van der Waals surface area (Å²) in [7, 11) is 0. The summed E-state index contributed by atoms with van der Waals surface area (Å²) in [6.45, 7) is 2.61. The second-order valence-electron chi connectivity index (χ2n) is 2.95. The topological polar surface area (TPSA) is 91.0 Å². The van der Waals surface area contributed by atoms with Crippen LogP contribution in [0.4, 0.5) is 0 Å². The predicted molar refractivity (Wildman–Crippen MR) is 54.4 cm³/mol. The second-order valence-corrected chi connectivity index (χ2v) is 2.95. The number of hydrogen-bond donors (Lipinski definition) is 1. The van der Waals surface area contributed by atoms with E-state index in [0.717, 1.165) is 0 Å². The standard InChI is InChI=1S/C9H12N4O2/c1-7-8(3-6-15-7)9(14)11-4-2-5-12-13-10/h3,6H,2,4-5H2,1H3,(H,11,14). The molecule has 0 saturated heterocycles. The maximum absolute atomic E-state index is 11.5. The third kappa shape index (κ3) is 3.36. The zero-order valence-electron chi connectivity index (χ0n) is 8.43. The van der Waals surface area contributed by atoms with Crippen LogP contribution in [-0.4, -0.2) is 19.0 Å². The molecule has 0 aromatic carbocycles. The molecule has 15 heavy (non-hydrogen) atoms. The fourth-order valence-corrected chi connectivity index (χ4v) is 1.11. The maximum atomic E-state index is 11.5. The molecule has 1 aromatic rings. The van der Waals surface area contributed by atoms with Gasteiger partial charge in [-0.2, -0.15) is 0 Å². The molecule has 1 N–H and O–H groups in total. The van der Waals surface area contributed by atoms with Crippen LogP contribution in [-0.2, 0) is 0 Å². The van der Waals surface area contributed by atoms with E-state index in [1.54, 1.807) is 13.0 Å². The van der Waals surface area contributed by atoms with Gasteiger partial charge < -0.3 is 9.73 Å². The van der Waals surface area contributed by atoms with Crippen molar-refractivity contribution >= 4 is 5.91 Å². The van der Waals surface area contributed by atoms with Crippen LogP contribution in [0.5, 0.6) is 0 Å².